The van der Waals surface area contributed by atoms with Crippen LogP contribution in [-0.2, 0) is 14.8 Å². The third-order valence-corrected chi connectivity index (χ3v) is 5.86. The number of carbonyl (C=O) groups is 1. The summed E-state index contributed by atoms with van der Waals surface area (Å²) >= 11 is 0. The van der Waals surface area contributed by atoms with Crippen LogP contribution in [0.1, 0.15) is 19.4 Å². The Morgan fingerprint density at radius 3 is 2.46 bits per heavy atom. The number of amides is 1. The van der Waals surface area contributed by atoms with Crippen LogP contribution in [0.4, 0.5) is 5.69 Å². The van der Waals surface area contributed by atoms with Crippen LogP contribution in [0.3, 0.4) is 0 Å². The average Bonchev–Trinajstić information content (AvgIpc) is 2.60. The predicted molar refractivity (Wildman–Crippen MR) is 99.8 cm³/mol. The Bertz CT molecular complexity index is 907. The molecule has 0 bridgehead atoms. The van der Waals surface area contributed by atoms with Gasteiger partial charge in [0, 0.05) is 6.04 Å². The van der Waals surface area contributed by atoms with Crippen molar-refractivity contribution in [3.05, 3.63) is 54.1 Å². The number of nitrogens with one attached hydrogen (secondary N) is 1. The fourth-order valence-electron chi connectivity index (χ4n) is 2.78. The van der Waals surface area contributed by atoms with E-state index in [-0.39, 0.29) is 23.4 Å². The summed E-state index contributed by atoms with van der Waals surface area (Å²) in [4.78, 5) is 12.6. The highest BCUT2D eigenvalue weighted by atomic mass is 32.2. The predicted octanol–water partition coefficient (Wildman–Crippen LogP) is 2.48. The first kappa shape index (κ1) is 18.3. The van der Waals surface area contributed by atoms with Gasteiger partial charge in [0.15, 0.2) is 6.10 Å². The molecule has 1 heterocycles. The van der Waals surface area contributed by atoms with E-state index in [1.165, 1.54) is 4.31 Å². The minimum atomic E-state index is -3.81. The van der Waals surface area contributed by atoms with Gasteiger partial charge in [-0.25, -0.2) is 8.42 Å². The number of fused-ring (bicyclic) bond motifs is 1. The molecule has 0 aliphatic carbocycles. The van der Waals surface area contributed by atoms with Crippen LogP contribution in [0.15, 0.2) is 53.4 Å². The first-order valence-electron chi connectivity index (χ1n) is 8.44. The maximum atomic E-state index is 13.2. The molecule has 0 saturated carbocycles. The van der Waals surface area contributed by atoms with Gasteiger partial charge in [0.2, 0.25) is 0 Å². The van der Waals surface area contributed by atoms with Crippen molar-refractivity contribution in [1.82, 2.24) is 5.32 Å². The number of para-hydroxylation sites is 2. The molecule has 0 spiro atoms. The van der Waals surface area contributed by atoms with Gasteiger partial charge in [0.25, 0.3) is 15.9 Å². The maximum Gasteiger partial charge on any atom is 0.264 e. The van der Waals surface area contributed by atoms with E-state index in [1.54, 1.807) is 48.5 Å². The molecule has 0 radical (unpaired) electrons. The molecule has 3 rings (SSSR count). The highest BCUT2D eigenvalue weighted by molar-refractivity contribution is 7.92. The molecule has 26 heavy (non-hydrogen) atoms. The molecule has 0 saturated heterocycles. The number of ether oxygens (including phenoxy) is 1. The molecule has 1 aliphatic rings. The number of rotatable bonds is 4. The van der Waals surface area contributed by atoms with Crippen LogP contribution in [0, 0.1) is 6.92 Å². The van der Waals surface area contributed by atoms with E-state index in [0.29, 0.717) is 11.4 Å². The quantitative estimate of drug-likeness (QED) is 0.892. The molecule has 0 aromatic heterocycles. The number of benzene rings is 2. The summed E-state index contributed by atoms with van der Waals surface area (Å²) in [5, 5.41) is 2.78. The topological polar surface area (TPSA) is 75.7 Å². The van der Waals surface area contributed by atoms with E-state index >= 15 is 0 Å². The van der Waals surface area contributed by atoms with Crippen molar-refractivity contribution in [2.75, 3.05) is 10.8 Å². The van der Waals surface area contributed by atoms with Crippen LogP contribution < -0.4 is 14.4 Å². The summed E-state index contributed by atoms with van der Waals surface area (Å²) < 4.78 is 33.4. The molecule has 0 fully saturated rings. The molecule has 2 aromatic carbocycles. The summed E-state index contributed by atoms with van der Waals surface area (Å²) in [6.07, 6.45) is -0.910. The standard InChI is InChI=1S/C19H22N2O4S/c1-13(2)20-19(22)18-12-21(16-6-4-5-7-17(16)25-18)26(23,24)15-10-8-14(3)9-11-15/h4-11,13,18H,12H2,1-3H3,(H,20,22)/t18-/m0/s1. The lowest BCUT2D eigenvalue weighted by Gasteiger charge is -2.35. The van der Waals surface area contributed by atoms with Crippen molar-refractivity contribution in [1.29, 1.82) is 0 Å². The molecular formula is C19H22N2O4S. The van der Waals surface area contributed by atoms with E-state index in [4.69, 9.17) is 4.74 Å². The number of hydrogen-bond acceptors (Lipinski definition) is 4. The normalized spacial score (nSPS) is 16.8. The molecule has 1 aliphatic heterocycles. The molecule has 138 valence electrons. The first-order chi connectivity index (χ1) is 12.3. The molecule has 2 aromatic rings. The smallest absolute Gasteiger partial charge is 0.264 e. The van der Waals surface area contributed by atoms with Gasteiger partial charge in [-0.1, -0.05) is 29.8 Å². The van der Waals surface area contributed by atoms with Crippen molar-refractivity contribution in [2.45, 2.75) is 37.8 Å². The second-order valence-corrected chi connectivity index (χ2v) is 8.45. The number of anilines is 1. The van der Waals surface area contributed by atoms with Gasteiger partial charge in [0.05, 0.1) is 17.1 Å². The molecule has 1 N–H and O–H groups in total. The lowest BCUT2D eigenvalue weighted by Crippen LogP contribution is -2.51. The Balaban J connectivity index is 2.01. The fraction of sp³-hybridized carbons (Fsp3) is 0.316. The van der Waals surface area contributed by atoms with Crippen molar-refractivity contribution < 1.29 is 17.9 Å². The zero-order chi connectivity index (χ0) is 18.9. The maximum absolute atomic E-state index is 13.2. The first-order valence-corrected chi connectivity index (χ1v) is 9.88. The molecule has 6 nitrogen and oxygen atoms in total. The molecule has 1 amide bonds. The van der Waals surface area contributed by atoms with Crippen LogP contribution in [0.2, 0.25) is 0 Å². The van der Waals surface area contributed by atoms with Crippen molar-refractivity contribution in [3.63, 3.8) is 0 Å². The van der Waals surface area contributed by atoms with Crippen molar-refractivity contribution in [2.24, 2.45) is 0 Å². The zero-order valence-corrected chi connectivity index (χ0v) is 15.8. The van der Waals surface area contributed by atoms with Gasteiger partial charge in [-0.3, -0.25) is 9.10 Å². The second kappa shape index (κ2) is 6.99. The van der Waals surface area contributed by atoms with Crippen molar-refractivity contribution >= 4 is 21.6 Å². The van der Waals surface area contributed by atoms with Crippen LogP contribution in [0.5, 0.6) is 5.75 Å². The third kappa shape index (κ3) is 3.53. The summed E-state index contributed by atoms with van der Waals surface area (Å²) in [5.41, 5.74) is 1.40. The van der Waals surface area contributed by atoms with Crippen LogP contribution >= 0.6 is 0 Å². The fourth-order valence-corrected chi connectivity index (χ4v) is 4.26. The summed E-state index contributed by atoms with van der Waals surface area (Å²) in [6.45, 7) is 5.50. The van der Waals surface area contributed by atoms with Crippen molar-refractivity contribution in [3.8, 4) is 5.75 Å². The minimum Gasteiger partial charge on any atom is -0.476 e. The number of nitrogens with zero attached hydrogens (tertiary/aromatic N) is 1. The van der Waals surface area contributed by atoms with Gasteiger partial charge in [-0.2, -0.15) is 0 Å². The third-order valence-electron chi connectivity index (χ3n) is 4.07. The van der Waals surface area contributed by atoms with Gasteiger partial charge < -0.3 is 10.1 Å². The van der Waals surface area contributed by atoms with E-state index in [9.17, 15) is 13.2 Å². The lowest BCUT2D eigenvalue weighted by molar-refractivity contribution is -0.128. The van der Waals surface area contributed by atoms with Gasteiger partial charge in [-0.05, 0) is 45.0 Å². The highest BCUT2D eigenvalue weighted by Gasteiger charge is 2.37. The Morgan fingerprint density at radius 2 is 1.81 bits per heavy atom. The number of carbonyl (C=O) groups excluding carboxylic acids is 1. The Morgan fingerprint density at radius 1 is 1.15 bits per heavy atom. The average molecular weight is 374 g/mol. The minimum absolute atomic E-state index is 0.0644. The van der Waals surface area contributed by atoms with Crippen LogP contribution in [-0.4, -0.2) is 33.0 Å². The monoisotopic (exact) mass is 374 g/mol. The summed E-state index contributed by atoms with van der Waals surface area (Å²) in [5.74, 6) is 0.0388. The number of aryl methyl sites for hydroxylation is 1. The number of sulfonamides is 1. The van der Waals surface area contributed by atoms with E-state index in [1.807, 2.05) is 20.8 Å². The van der Waals surface area contributed by atoms with E-state index in [0.717, 1.165) is 5.56 Å². The van der Waals surface area contributed by atoms with Crippen LogP contribution in [0.25, 0.3) is 0 Å². The highest BCUT2D eigenvalue weighted by Crippen LogP contribution is 2.36. The molecule has 0 unspecified atom stereocenters. The van der Waals surface area contributed by atoms with Gasteiger partial charge in [-0.15, -0.1) is 0 Å². The molecule has 1 atom stereocenters. The zero-order valence-electron chi connectivity index (χ0n) is 15.0. The Hall–Kier alpha value is -2.54. The molecule has 7 heteroatoms. The van der Waals surface area contributed by atoms with E-state index in [2.05, 4.69) is 5.32 Å². The van der Waals surface area contributed by atoms with E-state index < -0.39 is 16.1 Å². The summed E-state index contributed by atoms with van der Waals surface area (Å²) in [6, 6.07) is 13.4. The summed E-state index contributed by atoms with van der Waals surface area (Å²) in [7, 11) is -3.81. The van der Waals surface area contributed by atoms with Gasteiger partial charge >= 0.3 is 0 Å². The Kier molecular flexibility index (Phi) is 4.91. The Labute approximate surface area is 153 Å². The largest absolute Gasteiger partial charge is 0.476 e. The molecular weight excluding hydrogens is 352 g/mol. The van der Waals surface area contributed by atoms with Gasteiger partial charge in [0.1, 0.15) is 5.75 Å². The lowest BCUT2D eigenvalue weighted by atomic mass is 10.2. The number of hydrogen-bond donors (Lipinski definition) is 1. The SMILES string of the molecule is Cc1ccc(S(=O)(=O)N2C[C@@H](C(=O)NC(C)C)Oc3ccccc32)cc1. The second-order valence-electron chi connectivity index (χ2n) is 6.59.